The maximum atomic E-state index is 12.7. The summed E-state index contributed by atoms with van der Waals surface area (Å²) in [5.74, 6) is -0.135. The Labute approximate surface area is 157 Å². The van der Waals surface area contributed by atoms with Gasteiger partial charge in [0.15, 0.2) is 5.65 Å². The number of aromatic amines is 1. The molecule has 0 radical (unpaired) electrons. The second-order valence-corrected chi connectivity index (χ2v) is 5.97. The number of nitrogens with zero attached hydrogens (tertiary/aromatic N) is 4. The van der Waals surface area contributed by atoms with Gasteiger partial charge in [0.25, 0.3) is 5.91 Å². The molecule has 4 rings (SSSR count). The first-order valence-electron chi connectivity index (χ1n) is 7.78. The molecule has 0 aliphatic heterocycles. The minimum atomic E-state index is -0.393. The Kier molecular flexibility index (Phi) is 4.13. The Morgan fingerprint density at radius 1 is 1.37 bits per heavy atom. The van der Waals surface area contributed by atoms with Crippen molar-refractivity contribution >= 4 is 28.8 Å². The van der Waals surface area contributed by atoms with Gasteiger partial charge in [-0.25, -0.2) is 9.50 Å². The molecule has 0 fully saturated rings. The molecule has 136 valence electrons. The van der Waals surface area contributed by atoms with Crippen molar-refractivity contribution in [3.8, 4) is 22.8 Å². The van der Waals surface area contributed by atoms with Gasteiger partial charge in [0.2, 0.25) is 0 Å². The van der Waals surface area contributed by atoms with E-state index in [0.29, 0.717) is 33.9 Å². The lowest BCUT2D eigenvalue weighted by molar-refractivity contribution is 0.102. The Morgan fingerprint density at radius 2 is 2.22 bits per heavy atom. The molecule has 9 nitrogen and oxygen atoms in total. The molecule has 0 saturated heterocycles. The third-order valence-electron chi connectivity index (χ3n) is 3.95. The van der Waals surface area contributed by atoms with Crippen LogP contribution in [0.2, 0.25) is 5.02 Å². The van der Waals surface area contributed by atoms with Crippen LogP contribution in [-0.2, 0) is 0 Å². The molecule has 3 N–H and O–H groups in total. The molecule has 3 heterocycles. The second-order valence-electron chi connectivity index (χ2n) is 5.56. The minimum absolute atomic E-state index is 0.111. The summed E-state index contributed by atoms with van der Waals surface area (Å²) in [6.45, 7) is 0. The van der Waals surface area contributed by atoms with Gasteiger partial charge in [-0.05, 0) is 12.1 Å². The van der Waals surface area contributed by atoms with Gasteiger partial charge < -0.3 is 15.2 Å². The SMILES string of the molecule is COc1cc(O)c(Cl)cc1-c1[nH]ncc1NC(=O)c1cnn2cccnc12. The molecule has 4 aromatic rings. The lowest BCUT2D eigenvalue weighted by atomic mass is 10.1. The standard InChI is InChI=1S/C17H13ClN6O3/c1-27-14-6-13(25)11(18)5-9(14)15-12(8-20-23-15)22-17(26)10-7-21-24-4-2-3-19-16(10)24/h2-8,25H,1H3,(H,20,23)(H,22,26). The van der Waals surface area contributed by atoms with E-state index in [1.165, 1.54) is 36.2 Å². The summed E-state index contributed by atoms with van der Waals surface area (Å²) in [5.41, 5.74) is 2.18. The number of halogens is 1. The fraction of sp³-hybridized carbons (Fsp3) is 0.0588. The van der Waals surface area contributed by atoms with E-state index in [4.69, 9.17) is 16.3 Å². The average Bonchev–Trinajstić information content (AvgIpc) is 3.30. The van der Waals surface area contributed by atoms with Gasteiger partial charge in [-0.15, -0.1) is 0 Å². The van der Waals surface area contributed by atoms with E-state index in [1.807, 2.05) is 0 Å². The third-order valence-corrected chi connectivity index (χ3v) is 4.25. The third kappa shape index (κ3) is 2.93. The quantitative estimate of drug-likeness (QED) is 0.498. The first-order valence-corrected chi connectivity index (χ1v) is 8.16. The highest BCUT2D eigenvalue weighted by atomic mass is 35.5. The van der Waals surface area contributed by atoms with Crippen LogP contribution in [0.1, 0.15) is 10.4 Å². The summed E-state index contributed by atoms with van der Waals surface area (Å²) >= 11 is 6.02. The van der Waals surface area contributed by atoms with Gasteiger partial charge in [-0.2, -0.15) is 10.2 Å². The van der Waals surface area contributed by atoms with Crippen molar-refractivity contribution in [3.63, 3.8) is 0 Å². The number of aromatic nitrogens is 5. The van der Waals surface area contributed by atoms with E-state index >= 15 is 0 Å². The van der Waals surface area contributed by atoms with E-state index in [0.717, 1.165) is 0 Å². The lowest BCUT2D eigenvalue weighted by Gasteiger charge is -2.11. The second kappa shape index (κ2) is 6.61. The van der Waals surface area contributed by atoms with Crippen LogP contribution in [-0.4, -0.2) is 42.9 Å². The highest BCUT2D eigenvalue weighted by Gasteiger charge is 2.19. The van der Waals surface area contributed by atoms with Crippen molar-refractivity contribution in [2.75, 3.05) is 12.4 Å². The number of rotatable bonds is 4. The maximum Gasteiger partial charge on any atom is 0.261 e. The lowest BCUT2D eigenvalue weighted by Crippen LogP contribution is -2.12. The summed E-state index contributed by atoms with van der Waals surface area (Å²) < 4.78 is 6.80. The van der Waals surface area contributed by atoms with Crippen molar-refractivity contribution in [3.05, 3.63) is 53.6 Å². The smallest absolute Gasteiger partial charge is 0.261 e. The molecule has 27 heavy (non-hydrogen) atoms. The number of anilines is 1. The van der Waals surface area contributed by atoms with Crippen molar-refractivity contribution in [1.29, 1.82) is 0 Å². The fourth-order valence-corrected chi connectivity index (χ4v) is 2.83. The number of hydrogen-bond donors (Lipinski definition) is 3. The summed E-state index contributed by atoms with van der Waals surface area (Å²) in [7, 11) is 1.46. The number of H-pyrrole nitrogens is 1. The molecule has 0 atom stereocenters. The Hall–Kier alpha value is -3.59. The predicted octanol–water partition coefficient (Wildman–Crippen LogP) is 2.74. The molecule has 0 spiro atoms. The average molecular weight is 385 g/mol. The highest BCUT2D eigenvalue weighted by Crippen LogP contribution is 2.39. The first kappa shape index (κ1) is 16.9. The number of aromatic hydroxyl groups is 1. The van der Waals surface area contributed by atoms with Crippen LogP contribution < -0.4 is 10.1 Å². The molecule has 0 saturated carbocycles. The van der Waals surface area contributed by atoms with Crippen molar-refractivity contribution in [2.45, 2.75) is 0 Å². The normalized spacial score (nSPS) is 10.9. The minimum Gasteiger partial charge on any atom is -0.506 e. The van der Waals surface area contributed by atoms with Crippen LogP contribution in [0.15, 0.2) is 43.0 Å². The molecule has 0 bridgehead atoms. The van der Waals surface area contributed by atoms with Crippen LogP contribution in [0.5, 0.6) is 11.5 Å². The zero-order chi connectivity index (χ0) is 19.0. The zero-order valence-corrected chi connectivity index (χ0v) is 14.7. The van der Waals surface area contributed by atoms with Crippen LogP contribution >= 0.6 is 11.6 Å². The number of fused-ring (bicyclic) bond motifs is 1. The summed E-state index contributed by atoms with van der Waals surface area (Å²) in [5, 5.41) is 23.6. The largest absolute Gasteiger partial charge is 0.506 e. The summed E-state index contributed by atoms with van der Waals surface area (Å²) in [6.07, 6.45) is 6.19. The fourth-order valence-electron chi connectivity index (χ4n) is 2.67. The number of carbonyl (C=O) groups is 1. The first-order chi connectivity index (χ1) is 13.1. The molecule has 0 aliphatic rings. The molecular formula is C17H13ClN6O3. The molecule has 1 amide bonds. The number of amides is 1. The summed E-state index contributed by atoms with van der Waals surface area (Å²) in [6, 6.07) is 4.63. The Morgan fingerprint density at radius 3 is 3.04 bits per heavy atom. The maximum absolute atomic E-state index is 12.7. The number of benzene rings is 1. The molecule has 10 heteroatoms. The number of phenolic OH excluding ortho intramolecular Hbond substituents is 1. The highest BCUT2D eigenvalue weighted by molar-refractivity contribution is 6.32. The predicted molar refractivity (Wildman–Crippen MR) is 98.2 cm³/mol. The van der Waals surface area contributed by atoms with E-state index in [1.54, 1.807) is 18.5 Å². The van der Waals surface area contributed by atoms with E-state index < -0.39 is 5.91 Å². The van der Waals surface area contributed by atoms with Gasteiger partial charge in [-0.1, -0.05) is 11.6 Å². The zero-order valence-electron chi connectivity index (χ0n) is 14.0. The van der Waals surface area contributed by atoms with E-state index in [9.17, 15) is 9.90 Å². The van der Waals surface area contributed by atoms with Gasteiger partial charge >= 0.3 is 0 Å². The molecule has 0 aliphatic carbocycles. The van der Waals surface area contributed by atoms with E-state index in [-0.39, 0.29) is 10.8 Å². The van der Waals surface area contributed by atoms with E-state index in [2.05, 4.69) is 25.6 Å². The van der Waals surface area contributed by atoms with Gasteiger partial charge in [0.1, 0.15) is 17.1 Å². The van der Waals surface area contributed by atoms with Gasteiger partial charge in [0, 0.05) is 24.0 Å². The molecule has 3 aromatic heterocycles. The van der Waals surface area contributed by atoms with Crippen LogP contribution in [0.4, 0.5) is 5.69 Å². The molecule has 1 aromatic carbocycles. The number of carbonyl (C=O) groups excluding carboxylic acids is 1. The summed E-state index contributed by atoms with van der Waals surface area (Å²) in [4.78, 5) is 16.9. The number of ether oxygens (including phenoxy) is 1. The van der Waals surface area contributed by atoms with Gasteiger partial charge in [-0.3, -0.25) is 9.89 Å². The van der Waals surface area contributed by atoms with Crippen LogP contribution in [0.3, 0.4) is 0 Å². The number of hydrogen-bond acceptors (Lipinski definition) is 6. The van der Waals surface area contributed by atoms with Crippen molar-refractivity contribution < 1.29 is 14.6 Å². The number of phenols is 1. The van der Waals surface area contributed by atoms with Crippen LogP contribution in [0, 0.1) is 0 Å². The number of nitrogens with one attached hydrogen (secondary N) is 2. The monoisotopic (exact) mass is 384 g/mol. The van der Waals surface area contributed by atoms with Crippen LogP contribution in [0.25, 0.3) is 16.9 Å². The topological polar surface area (TPSA) is 117 Å². The molecular weight excluding hydrogens is 372 g/mol. The van der Waals surface area contributed by atoms with Gasteiger partial charge in [0.05, 0.1) is 35.9 Å². The van der Waals surface area contributed by atoms with Crippen molar-refractivity contribution in [1.82, 2.24) is 24.8 Å². The Bertz CT molecular complexity index is 1150. The van der Waals surface area contributed by atoms with Crippen molar-refractivity contribution in [2.24, 2.45) is 0 Å². The molecule has 0 unspecified atom stereocenters. The number of methoxy groups -OCH3 is 1. The Balaban J connectivity index is 1.71.